The van der Waals surface area contributed by atoms with Crippen molar-refractivity contribution in [2.45, 2.75) is 6.04 Å². The molecule has 0 aliphatic carbocycles. The van der Waals surface area contributed by atoms with Gasteiger partial charge in [0.25, 0.3) is 5.91 Å². The molecule has 0 spiro atoms. The summed E-state index contributed by atoms with van der Waals surface area (Å²) in [5.41, 5.74) is -0.854. The van der Waals surface area contributed by atoms with Crippen LogP contribution in [0.5, 0.6) is 0 Å². The summed E-state index contributed by atoms with van der Waals surface area (Å²) < 4.78 is 40.3. The van der Waals surface area contributed by atoms with E-state index in [1.165, 1.54) is 7.05 Å². The van der Waals surface area contributed by atoms with Crippen LogP contribution in [0.25, 0.3) is 0 Å². The lowest BCUT2D eigenvalue weighted by molar-refractivity contribution is -0.125. The van der Waals surface area contributed by atoms with Crippen molar-refractivity contribution in [2.24, 2.45) is 0 Å². The Morgan fingerprint density at radius 2 is 1.90 bits per heavy atom. The zero-order valence-electron chi connectivity index (χ0n) is 11.3. The summed E-state index contributed by atoms with van der Waals surface area (Å²) in [6.45, 7) is 0.687. The minimum atomic E-state index is -1.29. The van der Waals surface area contributed by atoms with E-state index in [0.717, 1.165) is 4.90 Å². The molecule has 1 unspecified atom stereocenters. The fourth-order valence-corrected chi connectivity index (χ4v) is 2.24. The Kier molecular flexibility index (Phi) is 4.46. The molecular formula is C13H14F3N3O2. The summed E-state index contributed by atoms with van der Waals surface area (Å²) in [4.78, 5) is 25.1. The number of piperazine rings is 1. The molecule has 2 rings (SSSR count). The van der Waals surface area contributed by atoms with Crippen molar-refractivity contribution in [3.05, 3.63) is 35.1 Å². The molecule has 0 saturated carbocycles. The Hall–Kier alpha value is -2.09. The smallest absolute Gasteiger partial charge is 0.260 e. The molecule has 1 atom stereocenters. The van der Waals surface area contributed by atoms with Gasteiger partial charge in [0.05, 0.1) is 0 Å². The summed E-state index contributed by atoms with van der Waals surface area (Å²) in [7, 11) is 1.40. The van der Waals surface area contributed by atoms with Crippen molar-refractivity contribution in [3.8, 4) is 0 Å². The Morgan fingerprint density at radius 3 is 2.48 bits per heavy atom. The minimum absolute atomic E-state index is 0.118. The van der Waals surface area contributed by atoms with E-state index < -0.39 is 40.9 Å². The minimum Gasteiger partial charge on any atom is -0.357 e. The Bertz CT molecular complexity index is 557. The van der Waals surface area contributed by atoms with E-state index in [1.807, 2.05) is 0 Å². The Balaban J connectivity index is 2.36. The maximum Gasteiger partial charge on any atom is 0.260 e. The van der Waals surface area contributed by atoms with Crippen LogP contribution in [-0.2, 0) is 4.79 Å². The second-order valence-corrected chi connectivity index (χ2v) is 4.58. The first kappa shape index (κ1) is 15.3. The molecule has 8 heteroatoms. The van der Waals surface area contributed by atoms with E-state index in [2.05, 4.69) is 10.6 Å². The lowest BCUT2D eigenvalue weighted by Gasteiger charge is -2.35. The van der Waals surface area contributed by atoms with Gasteiger partial charge >= 0.3 is 0 Å². The highest BCUT2D eigenvalue weighted by molar-refractivity contribution is 5.98. The highest BCUT2D eigenvalue weighted by atomic mass is 19.1. The first-order chi connectivity index (χ1) is 9.95. The van der Waals surface area contributed by atoms with Crippen molar-refractivity contribution < 1.29 is 22.8 Å². The lowest BCUT2D eigenvalue weighted by Crippen LogP contribution is -2.59. The number of benzene rings is 1. The van der Waals surface area contributed by atoms with Crippen LogP contribution in [0.4, 0.5) is 13.2 Å². The molecule has 0 bridgehead atoms. The zero-order valence-corrected chi connectivity index (χ0v) is 11.3. The monoisotopic (exact) mass is 301 g/mol. The number of likely N-dealkylation sites (N-methyl/N-ethyl adjacent to an activating group) is 1. The number of carbonyl (C=O) groups is 2. The van der Waals surface area contributed by atoms with Crippen LogP contribution in [-0.4, -0.2) is 49.4 Å². The number of hydrogen-bond donors (Lipinski definition) is 2. The molecule has 1 aliphatic heterocycles. The second kappa shape index (κ2) is 6.13. The molecule has 0 radical (unpaired) electrons. The molecular weight excluding hydrogens is 287 g/mol. The summed E-state index contributed by atoms with van der Waals surface area (Å²) in [5.74, 6) is -5.10. The molecule has 114 valence electrons. The molecule has 2 amide bonds. The number of nitrogens with zero attached hydrogens (tertiary/aromatic N) is 1. The van der Waals surface area contributed by atoms with Crippen molar-refractivity contribution in [2.75, 3.05) is 26.7 Å². The van der Waals surface area contributed by atoms with Gasteiger partial charge in [-0.2, -0.15) is 0 Å². The predicted octanol–water partition coefficient (Wildman–Crippen LogP) is 0.264. The van der Waals surface area contributed by atoms with E-state index in [4.69, 9.17) is 0 Å². The van der Waals surface area contributed by atoms with Crippen molar-refractivity contribution in [1.29, 1.82) is 0 Å². The molecule has 1 aromatic carbocycles. The fourth-order valence-electron chi connectivity index (χ4n) is 2.24. The second-order valence-electron chi connectivity index (χ2n) is 4.58. The number of hydrogen-bond acceptors (Lipinski definition) is 3. The predicted molar refractivity (Wildman–Crippen MR) is 68.1 cm³/mol. The van der Waals surface area contributed by atoms with Gasteiger partial charge in [-0.15, -0.1) is 0 Å². The van der Waals surface area contributed by atoms with Gasteiger partial charge in [-0.3, -0.25) is 9.59 Å². The SMILES string of the molecule is CNC(=O)C1CNCCN1C(=O)c1c(F)cc(F)cc1F. The van der Waals surface area contributed by atoms with Crippen molar-refractivity contribution in [1.82, 2.24) is 15.5 Å². The zero-order chi connectivity index (χ0) is 15.6. The summed E-state index contributed by atoms with van der Waals surface area (Å²) in [5, 5.41) is 5.31. The van der Waals surface area contributed by atoms with Crippen LogP contribution in [0.15, 0.2) is 12.1 Å². The van der Waals surface area contributed by atoms with Crippen molar-refractivity contribution >= 4 is 11.8 Å². The van der Waals surface area contributed by atoms with E-state index in [9.17, 15) is 22.8 Å². The molecule has 1 saturated heterocycles. The highest BCUT2D eigenvalue weighted by Gasteiger charge is 2.34. The Labute approximate surface area is 119 Å². The first-order valence-corrected chi connectivity index (χ1v) is 6.33. The third kappa shape index (κ3) is 2.99. The van der Waals surface area contributed by atoms with Gasteiger partial charge in [-0.05, 0) is 0 Å². The van der Waals surface area contributed by atoms with Gasteiger partial charge in [-0.1, -0.05) is 0 Å². The Morgan fingerprint density at radius 1 is 1.29 bits per heavy atom. The van der Waals surface area contributed by atoms with Crippen LogP contribution < -0.4 is 10.6 Å². The topological polar surface area (TPSA) is 61.4 Å². The number of amides is 2. The molecule has 1 aromatic rings. The molecule has 1 aliphatic rings. The maximum atomic E-state index is 13.7. The fraction of sp³-hybridized carbons (Fsp3) is 0.385. The summed E-state index contributed by atoms with van der Waals surface area (Å²) in [6, 6.07) is 0.000906. The van der Waals surface area contributed by atoms with Gasteiger partial charge in [0.15, 0.2) is 0 Å². The molecule has 1 fully saturated rings. The first-order valence-electron chi connectivity index (χ1n) is 6.33. The molecule has 1 heterocycles. The lowest BCUT2D eigenvalue weighted by atomic mass is 10.1. The third-order valence-electron chi connectivity index (χ3n) is 3.27. The van der Waals surface area contributed by atoms with Crippen molar-refractivity contribution in [3.63, 3.8) is 0 Å². The molecule has 0 aromatic heterocycles. The number of carbonyl (C=O) groups excluding carboxylic acids is 2. The normalized spacial score (nSPS) is 18.5. The van der Waals surface area contributed by atoms with E-state index in [0.29, 0.717) is 18.7 Å². The van der Waals surface area contributed by atoms with Gasteiger partial charge in [0.1, 0.15) is 29.1 Å². The highest BCUT2D eigenvalue weighted by Crippen LogP contribution is 2.19. The van der Waals surface area contributed by atoms with Gasteiger partial charge < -0.3 is 15.5 Å². The number of halogens is 3. The molecule has 21 heavy (non-hydrogen) atoms. The largest absolute Gasteiger partial charge is 0.357 e. The summed E-state index contributed by atoms with van der Waals surface area (Å²) >= 11 is 0. The van der Waals surface area contributed by atoms with Gasteiger partial charge in [-0.25, -0.2) is 13.2 Å². The number of nitrogens with one attached hydrogen (secondary N) is 2. The summed E-state index contributed by atoms with van der Waals surface area (Å²) in [6.07, 6.45) is 0. The van der Waals surface area contributed by atoms with E-state index >= 15 is 0 Å². The standard InChI is InChI=1S/C13H14F3N3O2/c1-17-12(20)10-6-18-2-3-19(10)13(21)11-8(15)4-7(14)5-9(11)16/h4-5,10,18H,2-3,6H2,1H3,(H,17,20). The van der Waals surface area contributed by atoms with Crippen LogP contribution in [0.2, 0.25) is 0 Å². The van der Waals surface area contributed by atoms with Gasteiger partial charge in [0, 0.05) is 38.8 Å². The average Bonchev–Trinajstić information content (AvgIpc) is 2.45. The maximum absolute atomic E-state index is 13.7. The molecule has 5 nitrogen and oxygen atoms in total. The van der Waals surface area contributed by atoms with Gasteiger partial charge in [0.2, 0.25) is 5.91 Å². The number of rotatable bonds is 2. The van der Waals surface area contributed by atoms with Crippen LogP contribution in [0.1, 0.15) is 10.4 Å². The third-order valence-corrected chi connectivity index (χ3v) is 3.27. The van der Waals surface area contributed by atoms with Crippen LogP contribution in [0, 0.1) is 17.5 Å². The molecule has 2 N–H and O–H groups in total. The van der Waals surface area contributed by atoms with E-state index in [-0.39, 0.29) is 13.1 Å². The van der Waals surface area contributed by atoms with Crippen LogP contribution >= 0.6 is 0 Å². The average molecular weight is 301 g/mol. The van der Waals surface area contributed by atoms with Crippen LogP contribution in [0.3, 0.4) is 0 Å². The quantitative estimate of drug-likeness (QED) is 0.824. The van der Waals surface area contributed by atoms with E-state index in [1.54, 1.807) is 0 Å².